The molecule has 0 aromatic rings. The predicted octanol–water partition coefficient (Wildman–Crippen LogP) is 0.782. The fraction of sp³-hybridized carbons (Fsp3) is 1.00. The topological polar surface area (TPSA) is 26.7 Å². The maximum Gasteiger partial charge on any atom is 0.0599 e. The van der Waals surface area contributed by atoms with Crippen LogP contribution in [-0.2, 0) is 0 Å². The lowest BCUT2D eigenvalue weighted by atomic mass is 10.1. The van der Waals surface area contributed by atoms with Crippen LogP contribution in [0.2, 0.25) is 0 Å². The van der Waals surface area contributed by atoms with Gasteiger partial charge >= 0.3 is 0 Å². The van der Waals surface area contributed by atoms with Gasteiger partial charge in [-0.2, -0.15) is 0 Å². The van der Waals surface area contributed by atoms with Crippen molar-refractivity contribution >= 4 is 0 Å². The normalized spacial score (nSPS) is 26.4. The van der Waals surface area contributed by atoms with Crippen LogP contribution in [0.4, 0.5) is 0 Å². The number of hydrogen-bond acceptors (Lipinski definition) is 3. The van der Waals surface area contributed by atoms with Crippen molar-refractivity contribution in [3.05, 3.63) is 0 Å². The Labute approximate surface area is 87.7 Å². The number of piperazine rings is 1. The van der Waals surface area contributed by atoms with E-state index in [4.69, 9.17) is 0 Å². The minimum absolute atomic E-state index is 0.279. The molecule has 3 heteroatoms. The Morgan fingerprint density at radius 1 is 1.14 bits per heavy atom. The van der Waals surface area contributed by atoms with Crippen molar-refractivity contribution in [3.8, 4) is 0 Å². The third kappa shape index (κ3) is 2.69. The number of rotatable bonds is 3. The van der Waals surface area contributed by atoms with Gasteiger partial charge in [-0.25, -0.2) is 0 Å². The SMILES string of the molecule is CC(C)N1CCN(C(C)C)[C@@H](CO)C1. The second-order valence-electron chi connectivity index (χ2n) is 4.76. The van der Waals surface area contributed by atoms with Gasteiger partial charge in [0.1, 0.15) is 0 Å². The first kappa shape index (κ1) is 12.0. The Kier molecular flexibility index (Phi) is 4.35. The summed E-state index contributed by atoms with van der Waals surface area (Å²) < 4.78 is 0. The molecule has 0 spiro atoms. The third-order valence-corrected chi connectivity index (χ3v) is 3.16. The lowest BCUT2D eigenvalue weighted by molar-refractivity contribution is 0.00956. The van der Waals surface area contributed by atoms with Crippen molar-refractivity contribution in [3.63, 3.8) is 0 Å². The van der Waals surface area contributed by atoms with Crippen molar-refractivity contribution in [1.29, 1.82) is 0 Å². The molecule has 0 amide bonds. The van der Waals surface area contributed by atoms with E-state index in [-0.39, 0.29) is 6.61 Å². The Bertz CT molecular complexity index is 171. The maximum absolute atomic E-state index is 9.34. The second-order valence-corrected chi connectivity index (χ2v) is 4.76. The average molecular weight is 200 g/mol. The molecule has 3 nitrogen and oxygen atoms in total. The Morgan fingerprint density at radius 3 is 2.21 bits per heavy atom. The summed E-state index contributed by atoms with van der Waals surface area (Å²) in [5.41, 5.74) is 0. The van der Waals surface area contributed by atoms with Crippen molar-refractivity contribution in [1.82, 2.24) is 9.80 Å². The summed E-state index contributed by atoms with van der Waals surface area (Å²) in [4.78, 5) is 4.85. The second kappa shape index (κ2) is 5.10. The quantitative estimate of drug-likeness (QED) is 0.729. The number of aliphatic hydroxyl groups excluding tert-OH is 1. The van der Waals surface area contributed by atoms with Gasteiger partial charge in [0.2, 0.25) is 0 Å². The Hall–Kier alpha value is -0.120. The van der Waals surface area contributed by atoms with Gasteiger partial charge in [-0.05, 0) is 27.7 Å². The van der Waals surface area contributed by atoms with Gasteiger partial charge in [0.15, 0.2) is 0 Å². The van der Waals surface area contributed by atoms with E-state index in [1.807, 2.05) is 0 Å². The van der Waals surface area contributed by atoms with E-state index in [2.05, 4.69) is 37.5 Å². The van der Waals surface area contributed by atoms with Gasteiger partial charge in [-0.1, -0.05) is 0 Å². The smallest absolute Gasteiger partial charge is 0.0599 e. The molecular formula is C11H24N2O. The molecular weight excluding hydrogens is 176 g/mol. The highest BCUT2D eigenvalue weighted by Gasteiger charge is 2.28. The van der Waals surface area contributed by atoms with Gasteiger partial charge in [-0.15, -0.1) is 0 Å². The van der Waals surface area contributed by atoms with Crippen LogP contribution in [0.25, 0.3) is 0 Å². The molecule has 1 rings (SSSR count). The minimum atomic E-state index is 0.279. The van der Waals surface area contributed by atoms with Crippen LogP contribution in [0.1, 0.15) is 27.7 Å². The van der Waals surface area contributed by atoms with E-state index < -0.39 is 0 Å². The van der Waals surface area contributed by atoms with Crippen molar-refractivity contribution in [2.45, 2.75) is 45.8 Å². The van der Waals surface area contributed by atoms with Crippen molar-refractivity contribution in [2.24, 2.45) is 0 Å². The first-order chi connectivity index (χ1) is 6.56. The van der Waals surface area contributed by atoms with Crippen LogP contribution in [-0.4, -0.2) is 59.3 Å². The first-order valence-corrected chi connectivity index (χ1v) is 5.67. The zero-order chi connectivity index (χ0) is 10.7. The first-order valence-electron chi connectivity index (χ1n) is 5.67. The molecule has 1 heterocycles. The largest absolute Gasteiger partial charge is 0.395 e. The molecule has 1 aliphatic heterocycles. The number of nitrogens with zero attached hydrogens (tertiary/aromatic N) is 2. The minimum Gasteiger partial charge on any atom is -0.395 e. The molecule has 1 atom stereocenters. The molecule has 0 saturated carbocycles. The summed E-state index contributed by atoms with van der Waals surface area (Å²) in [6, 6.07) is 1.46. The molecule has 84 valence electrons. The van der Waals surface area contributed by atoms with Crippen molar-refractivity contribution in [2.75, 3.05) is 26.2 Å². The van der Waals surface area contributed by atoms with Crippen LogP contribution >= 0.6 is 0 Å². The monoisotopic (exact) mass is 200 g/mol. The number of hydrogen-bond donors (Lipinski definition) is 1. The highest BCUT2D eigenvalue weighted by Crippen LogP contribution is 2.14. The van der Waals surface area contributed by atoms with Crippen molar-refractivity contribution < 1.29 is 5.11 Å². The molecule has 0 unspecified atom stereocenters. The molecule has 1 saturated heterocycles. The average Bonchev–Trinajstić information content (AvgIpc) is 2.16. The summed E-state index contributed by atoms with van der Waals surface area (Å²) in [5.74, 6) is 0. The molecule has 1 aliphatic rings. The molecule has 0 radical (unpaired) electrons. The maximum atomic E-state index is 9.34. The van der Waals surface area contributed by atoms with Crippen LogP contribution in [0, 0.1) is 0 Å². The van der Waals surface area contributed by atoms with Gasteiger partial charge in [-0.3, -0.25) is 9.80 Å². The Balaban J connectivity index is 2.54. The van der Waals surface area contributed by atoms with E-state index in [0.29, 0.717) is 18.1 Å². The molecule has 0 bridgehead atoms. The van der Waals surface area contributed by atoms with E-state index in [1.165, 1.54) is 0 Å². The zero-order valence-electron chi connectivity index (χ0n) is 9.90. The van der Waals surface area contributed by atoms with Gasteiger partial charge < -0.3 is 5.11 Å². The summed E-state index contributed by atoms with van der Waals surface area (Å²) >= 11 is 0. The van der Waals surface area contributed by atoms with Crippen LogP contribution in [0.15, 0.2) is 0 Å². The molecule has 1 N–H and O–H groups in total. The fourth-order valence-corrected chi connectivity index (χ4v) is 2.20. The highest BCUT2D eigenvalue weighted by atomic mass is 16.3. The standard InChI is InChI=1S/C11H24N2O/c1-9(2)12-5-6-13(10(3)4)11(7-12)8-14/h9-11,14H,5-8H2,1-4H3/t11-/m1/s1. The molecule has 0 aromatic heterocycles. The molecule has 1 fully saturated rings. The third-order valence-electron chi connectivity index (χ3n) is 3.16. The zero-order valence-corrected chi connectivity index (χ0v) is 9.90. The highest BCUT2D eigenvalue weighted by molar-refractivity contribution is 4.84. The summed E-state index contributed by atoms with van der Waals surface area (Å²) in [6.07, 6.45) is 0. The number of aliphatic hydroxyl groups is 1. The van der Waals surface area contributed by atoms with E-state index in [9.17, 15) is 5.11 Å². The van der Waals surface area contributed by atoms with Gasteiger partial charge in [0.05, 0.1) is 6.61 Å². The fourth-order valence-electron chi connectivity index (χ4n) is 2.20. The molecule has 0 aliphatic carbocycles. The Morgan fingerprint density at radius 2 is 1.79 bits per heavy atom. The summed E-state index contributed by atoms with van der Waals surface area (Å²) in [6.45, 7) is 12.3. The van der Waals surface area contributed by atoms with Crippen LogP contribution in [0.3, 0.4) is 0 Å². The van der Waals surface area contributed by atoms with E-state index >= 15 is 0 Å². The summed E-state index contributed by atoms with van der Waals surface area (Å²) in [5, 5.41) is 9.34. The lowest BCUT2D eigenvalue weighted by Crippen LogP contribution is -2.58. The summed E-state index contributed by atoms with van der Waals surface area (Å²) in [7, 11) is 0. The van der Waals surface area contributed by atoms with Gasteiger partial charge in [0.25, 0.3) is 0 Å². The van der Waals surface area contributed by atoms with E-state index in [1.54, 1.807) is 0 Å². The molecule has 0 aromatic carbocycles. The van der Waals surface area contributed by atoms with Gasteiger partial charge in [0, 0.05) is 37.8 Å². The van der Waals surface area contributed by atoms with E-state index in [0.717, 1.165) is 19.6 Å². The molecule has 14 heavy (non-hydrogen) atoms. The lowest BCUT2D eigenvalue weighted by Gasteiger charge is -2.44. The van der Waals surface area contributed by atoms with Crippen LogP contribution < -0.4 is 0 Å². The van der Waals surface area contributed by atoms with Crippen LogP contribution in [0.5, 0.6) is 0 Å². The predicted molar refractivity (Wildman–Crippen MR) is 59.4 cm³/mol.